The molecule has 0 aliphatic heterocycles. The molecule has 0 fully saturated rings. The molecule has 2 aromatic carbocycles. The van der Waals surface area contributed by atoms with Crippen LogP contribution in [0.15, 0.2) is 47.4 Å². The van der Waals surface area contributed by atoms with E-state index in [-0.39, 0.29) is 18.0 Å². The number of nitrogens with one attached hydrogen (secondary N) is 3. The van der Waals surface area contributed by atoms with Crippen LogP contribution in [0.1, 0.15) is 11.1 Å². The maximum atomic E-state index is 12.4. The van der Waals surface area contributed by atoms with Crippen molar-refractivity contribution in [2.24, 2.45) is 0 Å². The summed E-state index contributed by atoms with van der Waals surface area (Å²) in [6, 6.07) is 11.8. The van der Waals surface area contributed by atoms with Gasteiger partial charge in [0.2, 0.25) is 10.0 Å². The average Bonchev–Trinajstić information content (AvgIpc) is 2.61. The van der Waals surface area contributed by atoms with Crippen molar-refractivity contribution in [2.45, 2.75) is 18.7 Å². The second kappa shape index (κ2) is 8.68. The number of hydrogen-bond acceptors (Lipinski definition) is 4. The van der Waals surface area contributed by atoms with E-state index in [4.69, 9.17) is 4.74 Å². The van der Waals surface area contributed by atoms with Crippen molar-refractivity contribution in [1.82, 2.24) is 10.0 Å². The standard InChI is InChI=1S/C18H23N3O4S/c1-13-8-9-14(2)17(12-13)26(23,24)20-11-10-19-18(22)21-15-6-4-5-7-16(15)25-3/h4-9,12,20H,10-11H2,1-3H3,(H2,19,21,22). The number of hydrogen-bond donors (Lipinski definition) is 3. The van der Waals surface area contributed by atoms with Gasteiger partial charge in [0, 0.05) is 13.1 Å². The van der Waals surface area contributed by atoms with Crippen LogP contribution in [0.25, 0.3) is 0 Å². The lowest BCUT2D eigenvalue weighted by Gasteiger charge is -2.12. The summed E-state index contributed by atoms with van der Waals surface area (Å²) in [6.07, 6.45) is 0. The number of methoxy groups -OCH3 is 1. The Morgan fingerprint density at radius 2 is 1.81 bits per heavy atom. The van der Waals surface area contributed by atoms with Gasteiger partial charge in [-0.1, -0.05) is 24.3 Å². The van der Waals surface area contributed by atoms with Gasteiger partial charge in [-0.2, -0.15) is 0 Å². The quantitative estimate of drug-likeness (QED) is 0.646. The Balaban J connectivity index is 1.86. The molecule has 3 N–H and O–H groups in total. The fourth-order valence-corrected chi connectivity index (χ4v) is 3.71. The van der Waals surface area contributed by atoms with Crippen molar-refractivity contribution in [1.29, 1.82) is 0 Å². The molecule has 0 aliphatic carbocycles. The van der Waals surface area contributed by atoms with E-state index in [1.165, 1.54) is 7.11 Å². The third kappa shape index (κ3) is 5.21. The number of aryl methyl sites for hydroxylation is 2. The minimum absolute atomic E-state index is 0.0784. The van der Waals surface area contributed by atoms with Crippen molar-refractivity contribution in [2.75, 3.05) is 25.5 Å². The topological polar surface area (TPSA) is 96.5 Å². The van der Waals surface area contributed by atoms with E-state index in [0.29, 0.717) is 17.0 Å². The summed E-state index contributed by atoms with van der Waals surface area (Å²) in [5.41, 5.74) is 2.07. The van der Waals surface area contributed by atoms with Crippen LogP contribution < -0.4 is 20.1 Å². The number of rotatable bonds is 7. The smallest absolute Gasteiger partial charge is 0.319 e. The predicted molar refractivity (Wildman–Crippen MR) is 101 cm³/mol. The van der Waals surface area contributed by atoms with Gasteiger partial charge in [-0.15, -0.1) is 0 Å². The number of benzene rings is 2. The van der Waals surface area contributed by atoms with Gasteiger partial charge in [0.15, 0.2) is 0 Å². The van der Waals surface area contributed by atoms with Crippen LogP contribution in [0.2, 0.25) is 0 Å². The van der Waals surface area contributed by atoms with Crippen molar-refractivity contribution < 1.29 is 17.9 Å². The molecular formula is C18H23N3O4S. The summed E-state index contributed by atoms with van der Waals surface area (Å²) >= 11 is 0. The SMILES string of the molecule is COc1ccccc1NC(=O)NCCNS(=O)(=O)c1cc(C)ccc1C. The van der Waals surface area contributed by atoms with E-state index in [1.807, 2.05) is 13.0 Å². The van der Waals surface area contributed by atoms with Crippen molar-refractivity contribution >= 4 is 21.7 Å². The highest BCUT2D eigenvalue weighted by atomic mass is 32.2. The Morgan fingerprint density at radius 3 is 2.54 bits per heavy atom. The first kappa shape index (κ1) is 19.7. The molecule has 2 rings (SSSR count). The van der Waals surface area contributed by atoms with Crippen LogP contribution in [0, 0.1) is 13.8 Å². The minimum atomic E-state index is -3.62. The first-order valence-electron chi connectivity index (χ1n) is 8.08. The first-order valence-corrected chi connectivity index (χ1v) is 9.56. The summed E-state index contributed by atoms with van der Waals surface area (Å²) in [6.45, 7) is 3.80. The molecule has 0 saturated heterocycles. The molecule has 0 unspecified atom stereocenters. The Bertz CT molecular complexity index is 882. The molecule has 0 saturated carbocycles. The van der Waals surface area contributed by atoms with E-state index < -0.39 is 16.1 Å². The molecule has 0 radical (unpaired) electrons. The molecule has 0 aliphatic rings. The average molecular weight is 377 g/mol. The van der Waals surface area contributed by atoms with Gasteiger partial charge in [-0.3, -0.25) is 0 Å². The lowest BCUT2D eigenvalue weighted by molar-refractivity contribution is 0.252. The molecule has 0 bridgehead atoms. The molecule has 0 spiro atoms. The number of anilines is 1. The molecule has 0 heterocycles. The number of carbonyl (C=O) groups excluding carboxylic acids is 1. The molecular weight excluding hydrogens is 354 g/mol. The highest BCUT2D eigenvalue weighted by Crippen LogP contribution is 2.22. The molecule has 7 nitrogen and oxygen atoms in total. The largest absolute Gasteiger partial charge is 0.495 e. The summed E-state index contributed by atoms with van der Waals surface area (Å²) < 4.78 is 32.4. The number of amides is 2. The number of sulfonamides is 1. The van der Waals surface area contributed by atoms with Crippen LogP contribution in [-0.2, 0) is 10.0 Å². The number of para-hydroxylation sites is 2. The van der Waals surface area contributed by atoms with Gasteiger partial charge in [0.05, 0.1) is 17.7 Å². The Morgan fingerprint density at radius 1 is 1.08 bits per heavy atom. The van der Waals surface area contributed by atoms with Crippen molar-refractivity contribution in [3.8, 4) is 5.75 Å². The van der Waals surface area contributed by atoms with Crippen LogP contribution in [0.3, 0.4) is 0 Å². The van der Waals surface area contributed by atoms with Gasteiger partial charge in [-0.05, 0) is 43.2 Å². The predicted octanol–water partition coefficient (Wildman–Crippen LogP) is 2.41. The molecule has 0 aromatic heterocycles. The maximum absolute atomic E-state index is 12.4. The monoisotopic (exact) mass is 377 g/mol. The lowest BCUT2D eigenvalue weighted by Crippen LogP contribution is -2.37. The molecule has 0 atom stereocenters. The highest BCUT2D eigenvalue weighted by molar-refractivity contribution is 7.89. The highest BCUT2D eigenvalue weighted by Gasteiger charge is 2.16. The number of carbonyl (C=O) groups is 1. The van der Waals surface area contributed by atoms with Gasteiger partial charge in [-0.25, -0.2) is 17.9 Å². The normalized spacial score (nSPS) is 11.0. The molecule has 26 heavy (non-hydrogen) atoms. The molecule has 8 heteroatoms. The Kier molecular flexibility index (Phi) is 6.59. The van der Waals surface area contributed by atoms with Crippen molar-refractivity contribution in [3.05, 3.63) is 53.6 Å². The molecule has 140 valence electrons. The summed E-state index contributed by atoms with van der Waals surface area (Å²) in [7, 11) is -2.11. The minimum Gasteiger partial charge on any atom is -0.495 e. The van der Waals surface area contributed by atoms with Gasteiger partial charge in [0.1, 0.15) is 5.75 Å². The van der Waals surface area contributed by atoms with E-state index in [0.717, 1.165) is 5.56 Å². The first-order chi connectivity index (χ1) is 12.3. The van der Waals surface area contributed by atoms with E-state index in [1.54, 1.807) is 43.3 Å². The second-order valence-corrected chi connectivity index (χ2v) is 7.48. The fraction of sp³-hybridized carbons (Fsp3) is 0.278. The zero-order valence-electron chi connectivity index (χ0n) is 15.0. The van der Waals surface area contributed by atoms with Crippen molar-refractivity contribution in [3.63, 3.8) is 0 Å². The zero-order chi connectivity index (χ0) is 19.2. The third-order valence-corrected chi connectivity index (χ3v) is 5.29. The number of ether oxygens (including phenoxy) is 1. The lowest BCUT2D eigenvalue weighted by atomic mass is 10.2. The van der Waals surface area contributed by atoms with Crippen LogP contribution in [0.4, 0.5) is 10.5 Å². The third-order valence-electron chi connectivity index (χ3n) is 3.69. The Labute approximate surface area is 153 Å². The molecule has 2 aromatic rings. The zero-order valence-corrected chi connectivity index (χ0v) is 15.8. The summed E-state index contributed by atoms with van der Waals surface area (Å²) in [5, 5.41) is 5.26. The van der Waals surface area contributed by atoms with Crippen LogP contribution in [0.5, 0.6) is 5.75 Å². The fourth-order valence-electron chi connectivity index (χ4n) is 2.35. The maximum Gasteiger partial charge on any atom is 0.319 e. The van der Waals surface area contributed by atoms with Gasteiger partial charge in [0.25, 0.3) is 0 Å². The van der Waals surface area contributed by atoms with E-state index in [9.17, 15) is 13.2 Å². The second-order valence-electron chi connectivity index (χ2n) is 5.75. The Hall–Kier alpha value is -2.58. The van der Waals surface area contributed by atoms with Gasteiger partial charge < -0.3 is 15.4 Å². The van der Waals surface area contributed by atoms with E-state index >= 15 is 0 Å². The summed E-state index contributed by atoms with van der Waals surface area (Å²) in [5.74, 6) is 0.540. The van der Waals surface area contributed by atoms with Crippen LogP contribution >= 0.6 is 0 Å². The van der Waals surface area contributed by atoms with Crippen LogP contribution in [-0.4, -0.2) is 34.6 Å². The summed E-state index contributed by atoms with van der Waals surface area (Å²) in [4.78, 5) is 12.2. The number of urea groups is 1. The van der Waals surface area contributed by atoms with Gasteiger partial charge >= 0.3 is 6.03 Å². The molecule has 2 amide bonds. The van der Waals surface area contributed by atoms with E-state index in [2.05, 4.69) is 15.4 Å².